The molecule has 1 aliphatic rings. The summed E-state index contributed by atoms with van der Waals surface area (Å²) >= 11 is 6.18. The number of nitrogens with zero attached hydrogens (tertiary/aromatic N) is 2. The Morgan fingerprint density at radius 3 is 2.90 bits per heavy atom. The highest BCUT2D eigenvalue weighted by Gasteiger charge is 2.34. The number of aliphatic hydroxyl groups is 1. The van der Waals surface area contributed by atoms with Gasteiger partial charge in [-0.1, -0.05) is 22.8 Å². The molecule has 116 valence electrons. The van der Waals surface area contributed by atoms with Crippen LogP contribution in [0, 0.1) is 0 Å². The first-order valence-corrected chi connectivity index (χ1v) is 7.06. The van der Waals surface area contributed by atoms with Crippen molar-refractivity contribution in [1.82, 2.24) is 0 Å². The zero-order chi connectivity index (χ0) is 15.6. The maximum Gasteiger partial charge on any atom is 0.173 e. The molecule has 0 bridgehead atoms. The van der Waals surface area contributed by atoms with Gasteiger partial charge in [-0.15, -0.1) is 0 Å². The van der Waals surface area contributed by atoms with E-state index in [-0.39, 0.29) is 18.5 Å². The van der Waals surface area contributed by atoms with Crippen LogP contribution < -0.4 is 10.6 Å². The molecule has 0 radical (unpaired) electrons. The van der Waals surface area contributed by atoms with Crippen molar-refractivity contribution < 1.29 is 15.1 Å². The van der Waals surface area contributed by atoms with E-state index in [0.29, 0.717) is 23.7 Å². The first kappa shape index (κ1) is 15.9. The fraction of sp³-hybridized carbons (Fsp3) is 0.500. The van der Waals surface area contributed by atoms with Crippen molar-refractivity contribution in [3.05, 3.63) is 28.8 Å². The lowest BCUT2D eigenvalue weighted by Gasteiger charge is -2.44. The lowest BCUT2D eigenvalue weighted by Crippen LogP contribution is -2.54. The zero-order valence-corrected chi connectivity index (χ0v) is 12.8. The Morgan fingerprint density at radius 1 is 1.57 bits per heavy atom. The molecular formula is C14H20ClN3O3. The topological polar surface area (TPSA) is 91.3 Å². The van der Waals surface area contributed by atoms with E-state index in [4.69, 9.17) is 27.3 Å². The third-order valence-electron chi connectivity index (χ3n) is 3.38. The highest BCUT2D eigenvalue weighted by atomic mass is 35.5. The van der Waals surface area contributed by atoms with Gasteiger partial charge in [0.1, 0.15) is 0 Å². The van der Waals surface area contributed by atoms with Crippen molar-refractivity contribution in [2.75, 3.05) is 24.6 Å². The predicted molar refractivity (Wildman–Crippen MR) is 82.2 cm³/mol. The second-order valence-corrected chi connectivity index (χ2v) is 6.09. The van der Waals surface area contributed by atoms with Crippen LogP contribution in [-0.2, 0) is 4.74 Å². The predicted octanol–water partition coefficient (Wildman–Crippen LogP) is 1.41. The fourth-order valence-electron chi connectivity index (χ4n) is 2.65. The quantitative estimate of drug-likeness (QED) is 0.340. The lowest BCUT2D eigenvalue weighted by atomic mass is 10.0. The summed E-state index contributed by atoms with van der Waals surface area (Å²) in [6.45, 7) is 4.95. The molecule has 0 spiro atoms. The van der Waals surface area contributed by atoms with Crippen molar-refractivity contribution >= 4 is 23.1 Å². The molecule has 1 aliphatic heterocycles. The molecule has 21 heavy (non-hydrogen) atoms. The Kier molecular flexibility index (Phi) is 4.61. The maximum atomic E-state index is 9.40. The number of oxime groups is 1. The highest BCUT2D eigenvalue weighted by molar-refractivity contribution is 6.34. The number of amidine groups is 1. The van der Waals surface area contributed by atoms with E-state index in [1.165, 1.54) is 0 Å². The maximum absolute atomic E-state index is 9.40. The van der Waals surface area contributed by atoms with Crippen LogP contribution in [0.15, 0.2) is 23.4 Å². The number of halogens is 1. The number of anilines is 1. The normalized spacial score (nSPS) is 22.4. The molecule has 1 atom stereocenters. The molecule has 6 nitrogen and oxygen atoms in total. The third kappa shape index (κ3) is 3.40. The average molecular weight is 314 g/mol. The van der Waals surface area contributed by atoms with Gasteiger partial charge in [0.15, 0.2) is 5.84 Å². The number of morpholine rings is 1. The monoisotopic (exact) mass is 313 g/mol. The van der Waals surface area contributed by atoms with Gasteiger partial charge in [-0.05, 0) is 26.0 Å². The van der Waals surface area contributed by atoms with Crippen molar-refractivity contribution in [2.24, 2.45) is 10.9 Å². The molecule has 0 saturated carbocycles. The SMILES string of the molecule is CC1(C)CN(c2cccc(Cl)c2/C(N)=N/O)CC(CO)O1. The standard InChI is InChI=1S/C14H20ClN3O3/c1-14(2)8-18(6-9(7-19)21-14)11-5-3-4-10(15)12(11)13(16)17-20/h3-5,9,19-20H,6-8H2,1-2H3,(H2,16,17). The second-order valence-electron chi connectivity index (χ2n) is 5.68. The molecule has 1 unspecified atom stereocenters. The van der Waals surface area contributed by atoms with Crippen LogP contribution in [0.3, 0.4) is 0 Å². The summed E-state index contributed by atoms with van der Waals surface area (Å²) in [6, 6.07) is 5.35. The lowest BCUT2D eigenvalue weighted by molar-refractivity contribution is -0.101. The van der Waals surface area contributed by atoms with Gasteiger partial charge in [0.05, 0.1) is 28.9 Å². The van der Waals surface area contributed by atoms with Crippen molar-refractivity contribution in [1.29, 1.82) is 0 Å². The number of ether oxygens (including phenoxy) is 1. The Labute approximate surface area is 128 Å². The van der Waals surface area contributed by atoms with Gasteiger partial charge in [0.2, 0.25) is 0 Å². The average Bonchev–Trinajstić information content (AvgIpc) is 2.44. The Morgan fingerprint density at radius 2 is 2.29 bits per heavy atom. The fourth-order valence-corrected chi connectivity index (χ4v) is 2.92. The molecule has 0 amide bonds. The van der Waals surface area contributed by atoms with Gasteiger partial charge >= 0.3 is 0 Å². The van der Waals surface area contributed by atoms with Gasteiger partial charge in [0.25, 0.3) is 0 Å². The van der Waals surface area contributed by atoms with Crippen LogP contribution in [0.1, 0.15) is 19.4 Å². The zero-order valence-electron chi connectivity index (χ0n) is 12.1. The van der Waals surface area contributed by atoms with Crippen LogP contribution in [0.2, 0.25) is 5.02 Å². The summed E-state index contributed by atoms with van der Waals surface area (Å²) in [6.07, 6.45) is -0.298. The van der Waals surface area contributed by atoms with E-state index >= 15 is 0 Å². The van der Waals surface area contributed by atoms with Gasteiger partial charge in [-0.25, -0.2) is 0 Å². The molecule has 1 fully saturated rings. The molecular weight excluding hydrogens is 294 g/mol. The minimum absolute atomic E-state index is 0.0413. The first-order valence-electron chi connectivity index (χ1n) is 6.68. The Bertz CT molecular complexity index is 548. The largest absolute Gasteiger partial charge is 0.409 e. The van der Waals surface area contributed by atoms with Crippen LogP contribution in [0.25, 0.3) is 0 Å². The summed E-state index contributed by atoms with van der Waals surface area (Å²) in [7, 11) is 0. The molecule has 1 aromatic carbocycles. The molecule has 2 rings (SSSR count). The number of aliphatic hydroxyl groups excluding tert-OH is 1. The number of rotatable bonds is 3. The van der Waals surface area contributed by atoms with Crippen LogP contribution in [0.4, 0.5) is 5.69 Å². The molecule has 0 aliphatic carbocycles. The highest BCUT2D eigenvalue weighted by Crippen LogP contribution is 2.32. The summed E-state index contributed by atoms with van der Waals surface area (Å²) in [5, 5.41) is 21.8. The minimum Gasteiger partial charge on any atom is -0.409 e. The van der Waals surface area contributed by atoms with Crippen LogP contribution >= 0.6 is 11.6 Å². The van der Waals surface area contributed by atoms with Gasteiger partial charge < -0.3 is 25.7 Å². The minimum atomic E-state index is -0.420. The molecule has 7 heteroatoms. The van der Waals surface area contributed by atoms with Gasteiger partial charge in [-0.2, -0.15) is 0 Å². The molecule has 1 heterocycles. The number of hydrogen-bond acceptors (Lipinski definition) is 5. The molecule has 0 aromatic heterocycles. The summed E-state index contributed by atoms with van der Waals surface area (Å²) < 4.78 is 5.80. The van der Waals surface area contributed by atoms with Gasteiger partial charge in [-0.3, -0.25) is 0 Å². The number of hydrogen-bond donors (Lipinski definition) is 3. The van der Waals surface area contributed by atoms with Gasteiger partial charge in [0, 0.05) is 18.8 Å². The van der Waals surface area contributed by atoms with E-state index in [2.05, 4.69) is 5.16 Å². The number of nitrogens with two attached hydrogens (primary N) is 1. The molecule has 1 saturated heterocycles. The smallest absolute Gasteiger partial charge is 0.173 e. The summed E-state index contributed by atoms with van der Waals surface area (Å²) in [5.41, 5.74) is 6.56. The Balaban J connectivity index is 2.44. The van der Waals surface area contributed by atoms with Crippen LogP contribution in [-0.4, -0.2) is 47.6 Å². The van der Waals surface area contributed by atoms with Crippen LogP contribution in [0.5, 0.6) is 0 Å². The second kappa shape index (κ2) is 6.09. The van der Waals surface area contributed by atoms with Crippen molar-refractivity contribution in [3.8, 4) is 0 Å². The number of benzene rings is 1. The van der Waals surface area contributed by atoms with E-state index in [9.17, 15) is 5.11 Å². The van der Waals surface area contributed by atoms with E-state index in [1.54, 1.807) is 6.07 Å². The molecule has 4 N–H and O–H groups in total. The Hall–Kier alpha value is -1.50. The molecule has 1 aromatic rings. The summed E-state index contributed by atoms with van der Waals surface area (Å²) in [4.78, 5) is 2.03. The van der Waals surface area contributed by atoms with E-state index in [1.807, 2.05) is 30.9 Å². The van der Waals surface area contributed by atoms with E-state index < -0.39 is 5.60 Å². The summed E-state index contributed by atoms with van der Waals surface area (Å²) in [5.74, 6) is -0.0413. The first-order chi connectivity index (χ1) is 9.88. The van der Waals surface area contributed by atoms with E-state index in [0.717, 1.165) is 5.69 Å². The van der Waals surface area contributed by atoms with Crippen molar-refractivity contribution in [2.45, 2.75) is 25.6 Å². The van der Waals surface area contributed by atoms with Crippen molar-refractivity contribution in [3.63, 3.8) is 0 Å². The third-order valence-corrected chi connectivity index (χ3v) is 3.70.